The lowest BCUT2D eigenvalue weighted by Gasteiger charge is -2.33. The summed E-state index contributed by atoms with van der Waals surface area (Å²) in [5.74, 6) is 1.51. The lowest BCUT2D eigenvalue weighted by atomic mass is 9.92. The molecule has 1 atom stereocenters. The van der Waals surface area contributed by atoms with Crippen molar-refractivity contribution in [3.8, 4) is 21.7 Å². The van der Waals surface area contributed by atoms with E-state index in [4.69, 9.17) is 15.0 Å². The highest BCUT2D eigenvalue weighted by Gasteiger charge is 2.32. The summed E-state index contributed by atoms with van der Waals surface area (Å²) in [5, 5.41) is 9.42. The fourth-order valence-electron chi connectivity index (χ4n) is 6.71. The third-order valence-corrected chi connectivity index (χ3v) is 10.2. The molecule has 48 heavy (non-hydrogen) atoms. The summed E-state index contributed by atoms with van der Waals surface area (Å²) in [6.07, 6.45) is 0. The molecule has 9 rings (SSSR count). The third-order valence-electron chi connectivity index (χ3n) is 9.16. The first-order chi connectivity index (χ1) is 23.6. The van der Waals surface area contributed by atoms with E-state index in [1.54, 1.807) is 11.3 Å². The van der Waals surface area contributed by atoms with E-state index < -0.39 is 5.66 Å². The summed E-state index contributed by atoms with van der Waals surface area (Å²) in [7, 11) is 0. The fourth-order valence-corrected chi connectivity index (χ4v) is 7.70. The van der Waals surface area contributed by atoms with Crippen LogP contribution in [0.3, 0.4) is 0 Å². The lowest BCUT2D eigenvalue weighted by molar-refractivity contribution is 0.455. The number of hydrogen-bond donors (Lipinski definition) is 1. The average Bonchev–Trinajstić information content (AvgIpc) is 3.60. The number of nitrogens with zero attached hydrogens (tertiary/aromatic N) is 3. The van der Waals surface area contributed by atoms with Crippen LogP contribution in [0.5, 0.6) is 0 Å². The van der Waals surface area contributed by atoms with Gasteiger partial charge in [-0.1, -0.05) is 146 Å². The van der Waals surface area contributed by atoms with Gasteiger partial charge in [-0.05, 0) is 51.9 Å². The standard InChI is InChI=1S/C43H30N4S/c1-43(32-17-9-4-10-18-32)46-40(29-13-5-2-6-14-29)45-41(47-43)36-25-24-33(34-19-11-12-20-35(34)36)31-22-21-28-23-26-38-39(37(28)27-31)44-42(48-38)30-15-7-3-8-16-30/h2-27H,1H3,(H,45,46,47). The Morgan fingerprint density at radius 2 is 1.19 bits per heavy atom. The van der Waals surface area contributed by atoms with Crippen molar-refractivity contribution in [3.05, 3.63) is 174 Å². The fraction of sp³-hybridized carbons (Fsp3) is 0.0465. The van der Waals surface area contributed by atoms with E-state index in [0.29, 0.717) is 5.84 Å². The SMILES string of the molecule is CC1(c2ccccc2)N=C(c2ccccc2)N=C(c2ccc(-c3ccc4ccc5sc(-c6ccccc6)nc5c4c3)c3ccccc23)N1. The van der Waals surface area contributed by atoms with Crippen molar-refractivity contribution < 1.29 is 0 Å². The second-order valence-corrected chi connectivity index (χ2v) is 13.3. The van der Waals surface area contributed by atoms with E-state index in [9.17, 15) is 0 Å². The number of aromatic nitrogens is 1. The molecule has 228 valence electrons. The maximum absolute atomic E-state index is 5.16. The third kappa shape index (κ3) is 4.88. The quantitative estimate of drug-likeness (QED) is 0.205. The van der Waals surface area contributed by atoms with E-state index in [1.807, 2.05) is 30.3 Å². The number of nitrogens with one attached hydrogen (secondary N) is 1. The number of thiazole rings is 1. The molecule has 5 heteroatoms. The predicted octanol–water partition coefficient (Wildman–Crippen LogP) is 10.6. The highest BCUT2D eigenvalue weighted by Crippen LogP contribution is 2.38. The Bertz CT molecular complexity index is 2540. The highest BCUT2D eigenvalue weighted by molar-refractivity contribution is 7.21. The predicted molar refractivity (Wildman–Crippen MR) is 202 cm³/mol. The van der Waals surface area contributed by atoms with Crippen molar-refractivity contribution in [1.82, 2.24) is 10.3 Å². The maximum Gasteiger partial charge on any atom is 0.159 e. The molecule has 1 aliphatic rings. The van der Waals surface area contributed by atoms with Crippen LogP contribution in [0.25, 0.3) is 53.5 Å². The molecular weight excluding hydrogens is 605 g/mol. The van der Waals surface area contributed by atoms with Crippen LogP contribution in [0.2, 0.25) is 0 Å². The molecule has 0 amide bonds. The van der Waals surface area contributed by atoms with Crippen molar-refractivity contribution in [3.63, 3.8) is 0 Å². The summed E-state index contributed by atoms with van der Waals surface area (Å²) in [5.41, 5.74) is 6.93. The molecule has 1 unspecified atom stereocenters. The van der Waals surface area contributed by atoms with Crippen molar-refractivity contribution in [2.24, 2.45) is 9.98 Å². The Hall–Kier alpha value is -5.91. The van der Waals surface area contributed by atoms with Crippen LogP contribution < -0.4 is 5.32 Å². The first-order valence-electron chi connectivity index (χ1n) is 16.1. The topological polar surface area (TPSA) is 49.6 Å². The van der Waals surface area contributed by atoms with Gasteiger partial charge in [0.1, 0.15) is 10.8 Å². The monoisotopic (exact) mass is 634 g/mol. The summed E-state index contributed by atoms with van der Waals surface area (Å²) in [6, 6.07) is 55.2. The van der Waals surface area contributed by atoms with Crippen molar-refractivity contribution in [2.75, 3.05) is 0 Å². The van der Waals surface area contributed by atoms with Gasteiger partial charge < -0.3 is 5.32 Å². The minimum absolute atomic E-state index is 0.695. The Labute approximate surface area is 282 Å². The molecule has 0 saturated carbocycles. The molecule has 8 aromatic rings. The Balaban J connectivity index is 1.18. The highest BCUT2D eigenvalue weighted by atomic mass is 32.1. The Morgan fingerprint density at radius 1 is 0.562 bits per heavy atom. The van der Waals surface area contributed by atoms with Gasteiger partial charge in [0.05, 0.1) is 10.2 Å². The largest absolute Gasteiger partial charge is 0.342 e. The van der Waals surface area contributed by atoms with E-state index in [1.165, 1.54) is 21.0 Å². The van der Waals surface area contributed by atoms with Crippen LogP contribution in [-0.2, 0) is 5.66 Å². The number of aliphatic imine (C=N–C) groups is 2. The smallest absolute Gasteiger partial charge is 0.159 e. The van der Waals surface area contributed by atoms with Crippen LogP contribution in [0.4, 0.5) is 0 Å². The molecule has 0 bridgehead atoms. The summed E-state index contributed by atoms with van der Waals surface area (Å²) in [4.78, 5) is 15.4. The first kappa shape index (κ1) is 28.3. The van der Waals surface area contributed by atoms with Gasteiger partial charge in [0.2, 0.25) is 0 Å². The van der Waals surface area contributed by atoms with Gasteiger partial charge >= 0.3 is 0 Å². The molecule has 7 aromatic carbocycles. The van der Waals surface area contributed by atoms with Gasteiger partial charge in [-0.2, -0.15) is 0 Å². The van der Waals surface area contributed by atoms with Crippen LogP contribution in [0.15, 0.2) is 168 Å². The van der Waals surface area contributed by atoms with Gasteiger partial charge in [-0.3, -0.25) is 0 Å². The molecule has 4 nitrogen and oxygen atoms in total. The average molecular weight is 635 g/mol. The number of amidine groups is 2. The minimum Gasteiger partial charge on any atom is -0.342 e. The van der Waals surface area contributed by atoms with Crippen LogP contribution in [0, 0.1) is 0 Å². The maximum atomic E-state index is 5.16. The number of benzene rings is 7. The molecular formula is C43H30N4S. The van der Waals surface area contributed by atoms with E-state index in [-0.39, 0.29) is 0 Å². The Morgan fingerprint density at radius 3 is 1.94 bits per heavy atom. The molecule has 2 heterocycles. The van der Waals surface area contributed by atoms with Gasteiger partial charge in [0, 0.05) is 22.1 Å². The number of fused-ring (bicyclic) bond motifs is 4. The molecule has 0 aliphatic carbocycles. The van der Waals surface area contributed by atoms with Crippen LogP contribution in [0.1, 0.15) is 23.6 Å². The lowest BCUT2D eigenvalue weighted by Crippen LogP contribution is -2.46. The van der Waals surface area contributed by atoms with Gasteiger partial charge in [0.15, 0.2) is 11.5 Å². The second-order valence-electron chi connectivity index (χ2n) is 12.3. The zero-order valence-corrected chi connectivity index (χ0v) is 27.1. The normalized spacial score (nSPS) is 16.1. The number of hydrogen-bond acceptors (Lipinski definition) is 5. The molecule has 1 N–H and O–H groups in total. The molecule has 0 fully saturated rings. The minimum atomic E-state index is -0.695. The van der Waals surface area contributed by atoms with Gasteiger partial charge in [-0.25, -0.2) is 15.0 Å². The van der Waals surface area contributed by atoms with E-state index in [0.717, 1.165) is 54.9 Å². The summed E-state index contributed by atoms with van der Waals surface area (Å²) in [6.45, 7) is 2.12. The van der Waals surface area contributed by atoms with Crippen molar-refractivity contribution in [1.29, 1.82) is 0 Å². The van der Waals surface area contributed by atoms with E-state index in [2.05, 4.69) is 140 Å². The van der Waals surface area contributed by atoms with Crippen molar-refractivity contribution >= 4 is 54.8 Å². The van der Waals surface area contributed by atoms with E-state index >= 15 is 0 Å². The molecule has 1 aliphatic heterocycles. The number of rotatable bonds is 5. The summed E-state index contributed by atoms with van der Waals surface area (Å²) < 4.78 is 1.19. The summed E-state index contributed by atoms with van der Waals surface area (Å²) >= 11 is 1.74. The molecule has 0 radical (unpaired) electrons. The first-order valence-corrected chi connectivity index (χ1v) is 16.9. The zero-order chi connectivity index (χ0) is 32.1. The molecule has 1 aromatic heterocycles. The van der Waals surface area contributed by atoms with Gasteiger partial charge in [0.25, 0.3) is 0 Å². The molecule has 0 spiro atoms. The van der Waals surface area contributed by atoms with Gasteiger partial charge in [-0.15, -0.1) is 11.3 Å². The zero-order valence-electron chi connectivity index (χ0n) is 26.3. The second kappa shape index (κ2) is 11.4. The van der Waals surface area contributed by atoms with Crippen molar-refractivity contribution in [2.45, 2.75) is 12.6 Å². The van der Waals surface area contributed by atoms with Crippen LogP contribution >= 0.6 is 11.3 Å². The Kier molecular flexibility index (Phi) is 6.73. The van der Waals surface area contributed by atoms with Crippen LogP contribution in [-0.4, -0.2) is 16.7 Å². The molecule has 0 saturated heterocycles.